The van der Waals surface area contributed by atoms with Crippen LogP contribution in [0.2, 0.25) is 0 Å². The van der Waals surface area contributed by atoms with E-state index in [-0.39, 0.29) is 11.5 Å². The minimum absolute atomic E-state index is 0.282. The van der Waals surface area contributed by atoms with Crippen LogP contribution in [0.25, 0.3) is 0 Å². The summed E-state index contributed by atoms with van der Waals surface area (Å²) >= 11 is 0. The molecule has 2 aromatic carbocycles. The third kappa shape index (κ3) is 11.0. The summed E-state index contributed by atoms with van der Waals surface area (Å²) < 4.78 is 0. The van der Waals surface area contributed by atoms with E-state index < -0.39 is 0 Å². The highest BCUT2D eigenvalue weighted by Crippen LogP contribution is 2.25. The molecule has 0 aliphatic carbocycles. The molecule has 0 radical (unpaired) electrons. The molecule has 2 N–H and O–H groups in total. The van der Waals surface area contributed by atoms with Crippen molar-refractivity contribution < 1.29 is 10.2 Å². The lowest BCUT2D eigenvalue weighted by Gasteiger charge is -2.11. The maximum absolute atomic E-state index is 10.4. The number of aromatic hydroxyl groups is 2. The van der Waals surface area contributed by atoms with Crippen molar-refractivity contribution in [2.45, 2.75) is 118 Å². The fraction of sp³-hybridized carbons (Fsp3) is 0.588. The fourth-order valence-electron chi connectivity index (χ4n) is 5.01. The Bertz CT molecular complexity index is 929. The largest absolute Gasteiger partial charge is 0.507 e. The molecule has 0 saturated carbocycles. The van der Waals surface area contributed by atoms with Crippen LogP contribution in [0.4, 0.5) is 0 Å². The lowest BCUT2D eigenvalue weighted by atomic mass is 9.97. The normalized spacial score (nSPS) is 11.8. The van der Waals surface area contributed by atoms with Crippen LogP contribution in [0.3, 0.4) is 0 Å². The molecule has 0 saturated heterocycles. The van der Waals surface area contributed by atoms with E-state index in [9.17, 15) is 10.2 Å². The minimum Gasteiger partial charge on any atom is -0.507 e. The van der Waals surface area contributed by atoms with Gasteiger partial charge in [-0.3, -0.25) is 9.98 Å². The number of hydrogen-bond donors (Lipinski definition) is 2. The van der Waals surface area contributed by atoms with Crippen molar-refractivity contribution in [3.05, 3.63) is 57.6 Å². The van der Waals surface area contributed by atoms with Crippen molar-refractivity contribution in [3.63, 3.8) is 0 Å². The summed E-state index contributed by atoms with van der Waals surface area (Å²) in [6.07, 6.45) is 21.0. The molecule has 2 rings (SSSR count). The van der Waals surface area contributed by atoms with Crippen LogP contribution in [0.15, 0.2) is 34.3 Å². The maximum Gasteiger partial charge on any atom is 0.124 e. The summed E-state index contributed by atoms with van der Waals surface area (Å²) in [4.78, 5) is 9.08. The summed E-state index contributed by atoms with van der Waals surface area (Å²) in [6.45, 7) is 9.72. The first-order valence-electron chi connectivity index (χ1n) is 15.1. The van der Waals surface area contributed by atoms with Crippen molar-refractivity contribution >= 4 is 12.4 Å². The number of unbranched alkanes of at least 4 members (excludes halogenated alkanes) is 10. The number of phenols is 2. The number of aryl methyl sites for hydroxylation is 2. The van der Waals surface area contributed by atoms with Crippen LogP contribution in [0.5, 0.6) is 11.5 Å². The molecular weight excluding hydrogens is 468 g/mol. The van der Waals surface area contributed by atoms with Crippen LogP contribution in [0.1, 0.15) is 124 Å². The molecule has 0 aliphatic heterocycles. The van der Waals surface area contributed by atoms with Gasteiger partial charge in [0.15, 0.2) is 0 Å². The first-order valence-corrected chi connectivity index (χ1v) is 15.1. The molecule has 0 atom stereocenters. The van der Waals surface area contributed by atoms with Crippen LogP contribution < -0.4 is 0 Å². The minimum atomic E-state index is 0.282. The molecule has 0 aliphatic rings. The van der Waals surface area contributed by atoms with Crippen LogP contribution >= 0.6 is 0 Å². The molecule has 0 aromatic heterocycles. The molecule has 0 amide bonds. The predicted molar refractivity (Wildman–Crippen MR) is 165 cm³/mol. The van der Waals surface area contributed by atoms with Gasteiger partial charge in [-0.2, -0.15) is 0 Å². The quantitative estimate of drug-likeness (QED) is 0.143. The Morgan fingerprint density at radius 3 is 1.32 bits per heavy atom. The molecule has 2 aromatic rings. The molecular formula is C34H52N2O2. The van der Waals surface area contributed by atoms with Gasteiger partial charge in [-0.1, -0.05) is 90.2 Å². The Morgan fingerprint density at radius 1 is 0.553 bits per heavy atom. The Hall–Kier alpha value is -2.62. The standard InChI is InChI=1S/C34H52N2O2/c1-5-7-9-11-13-15-17-29-19-21-33(37)31(27(29)3)25-35-23-24-36-26-32-28(4)30(20-22-34(32)38)18-16-14-12-10-8-6-2/h19-22,25-26,37-38H,5-18,23-24H2,1-4H3. The first-order chi connectivity index (χ1) is 18.5. The van der Waals surface area contributed by atoms with Crippen molar-refractivity contribution in [1.82, 2.24) is 0 Å². The van der Waals surface area contributed by atoms with Crippen molar-refractivity contribution in [3.8, 4) is 11.5 Å². The van der Waals surface area contributed by atoms with E-state index >= 15 is 0 Å². The van der Waals surface area contributed by atoms with E-state index in [1.54, 1.807) is 24.6 Å². The lowest BCUT2D eigenvalue weighted by molar-refractivity contribution is 0.473. The van der Waals surface area contributed by atoms with E-state index in [1.807, 2.05) is 12.1 Å². The number of benzene rings is 2. The molecule has 4 heteroatoms. The third-order valence-corrected chi connectivity index (χ3v) is 7.61. The number of nitrogens with zero attached hydrogens (tertiary/aromatic N) is 2. The highest BCUT2D eigenvalue weighted by Gasteiger charge is 2.09. The maximum atomic E-state index is 10.4. The zero-order chi connectivity index (χ0) is 27.6. The zero-order valence-electron chi connectivity index (χ0n) is 24.6. The number of phenolic OH excluding ortho intramolecular Hbond substituents is 2. The molecule has 0 heterocycles. The molecule has 0 unspecified atom stereocenters. The summed E-state index contributed by atoms with van der Waals surface area (Å²) in [5, 5.41) is 20.8. The second kappa shape index (κ2) is 18.6. The number of aliphatic imine (C=N–C) groups is 2. The van der Waals surface area contributed by atoms with Gasteiger partial charge >= 0.3 is 0 Å². The Morgan fingerprint density at radius 2 is 0.921 bits per heavy atom. The second-order valence-corrected chi connectivity index (χ2v) is 10.7. The van der Waals surface area contributed by atoms with Gasteiger partial charge in [0.05, 0.1) is 13.1 Å². The van der Waals surface area contributed by atoms with E-state index in [4.69, 9.17) is 0 Å². The van der Waals surface area contributed by atoms with Crippen molar-refractivity contribution in [2.75, 3.05) is 13.1 Å². The fourth-order valence-corrected chi connectivity index (χ4v) is 5.01. The lowest BCUT2D eigenvalue weighted by Crippen LogP contribution is -1.99. The van der Waals surface area contributed by atoms with Gasteiger partial charge in [0.2, 0.25) is 0 Å². The molecule has 210 valence electrons. The van der Waals surface area contributed by atoms with E-state index in [0.717, 1.165) is 35.1 Å². The smallest absolute Gasteiger partial charge is 0.124 e. The topological polar surface area (TPSA) is 65.2 Å². The summed E-state index contributed by atoms with van der Waals surface area (Å²) in [6, 6.07) is 7.69. The summed E-state index contributed by atoms with van der Waals surface area (Å²) in [5.41, 5.74) is 6.46. The first kappa shape index (κ1) is 31.6. The predicted octanol–water partition coefficient (Wildman–Crippen LogP) is 9.06. The van der Waals surface area contributed by atoms with Gasteiger partial charge in [-0.25, -0.2) is 0 Å². The van der Waals surface area contributed by atoms with Crippen LogP contribution in [0, 0.1) is 13.8 Å². The van der Waals surface area contributed by atoms with Gasteiger partial charge in [0.1, 0.15) is 11.5 Å². The molecule has 4 nitrogen and oxygen atoms in total. The van der Waals surface area contributed by atoms with Gasteiger partial charge in [-0.05, 0) is 73.9 Å². The van der Waals surface area contributed by atoms with E-state index in [2.05, 4.69) is 37.7 Å². The van der Waals surface area contributed by atoms with Crippen molar-refractivity contribution in [2.24, 2.45) is 9.98 Å². The zero-order valence-corrected chi connectivity index (χ0v) is 24.6. The van der Waals surface area contributed by atoms with Crippen molar-refractivity contribution in [1.29, 1.82) is 0 Å². The molecule has 0 spiro atoms. The summed E-state index contributed by atoms with van der Waals surface area (Å²) in [5.74, 6) is 0.563. The van der Waals surface area contributed by atoms with Gasteiger partial charge in [-0.15, -0.1) is 0 Å². The highest BCUT2D eigenvalue weighted by atomic mass is 16.3. The Balaban J connectivity index is 1.87. The van der Waals surface area contributed by atoms with E-state index in [0.29, 0.717) is 13.1 Å². The highest BCUT2D eigenvalue weighted by molar-refractivity contribution is 5.86. The third-order valence-electron chi connectivity index (χ3n) is 7.61. The molecule has 0 bridgehead atoms. The van der Waals surface area contributed by atoms with Crippen LogP contribution in [-0.4, -0.2) is 35.7 Å². The number of hydrogen-bond acceptors (Lipinski definition) is 4. The van der Waals surface area contributed by atoms with Gasteiger partial charge < -0.3 is 10.2 Å². The van der Waals surface area contributed by atoms with Gasteiger partial charge in [0, 0.05) is 23.6 Å². The second-order valence-electron chi connectivity index (χ2n) is 10.7. The number of rotatable bonds is 19. The SMILES string of the molecule is CCCCCCCCc1ccc(O)c(C=NCCN=Cc2c(O)ccc(CCCCCCCC)c2C)c1C. The van der Waals surface area contributed by atoms with E-state index in [1.165, 1.54) is 88.2 Å². The Labute approximate surface area is 232 Å². The summed E-state index contributed by atoms with van der Waals surface area (Å²) in [7, 11) is 0. The molecule has 0 fully saturated rings. The average Bonchev–Trinajstić information content (AvgIpc) is 2.91. The van der Waals surface area contributed by atoms with Gasteiger partial charge in [0.25, 0.3) is 0 Å². The Kier molecular flexibility index (Phi) is 15.5. The average molecular weight is 521 g/mol. The molecule has 38 heavy (non-hydrogen) atoms. The van der Waals surface area contributed by atoms with Crippen LogP contribution in [-0.2, 0) is 12.8 Å². The monoisotopic (exact) mass is 520 g/mol.